The van der Waals surface area contributed by atoms with Crippen molar-refractivity contribution < 1.29 is 13.9 Å². The van der Waals surface area contributed by atoms with E-state index < -0.39 is 0 Å². The van der Waals surface area contributed by atoms with Crippen molar-refractivity contribution in [3.05, 3.63) is 45.7 Å². The summed E-state index contributed by atoms with van der Waals surface area (Å²) in [5, 5.41) is 3.59. The molecule has 1 aromatic heterocycles. The molecule has 0 aliphatic rings. The molecule has 136 valence electrons. The second kappa shape index (κ2) is 8.40. The second-order valence-electron chi connectivity index (χ2n) is 6.02. The first-order valence-corrected chi connectivity index (χ1v) is 9.10. The van der Waals surface area contributed by atoms with Crippen molar-refractivity contribution >= 4 is 17.2 Å². The molecule has 2 aromatic rings. The van der Waals surface area contributed by atoms with E-state index in [0.29, 0.717) is 27.9 Å². The third-order valence-corrected chi connectivity index (χ3v) is 5.36. The Balaban J connectivity index is 1.96. The van der Waals surface area contributed by atoms with Gasteiger partial charge in [0.25, 0.3) is 5.91 Å². The molecule has 1 amide bonds. The average molecular weight is 365 g/mol. The van der Waals surface area contributed by atoms with Gasteiger partial charge in [-0.1, -0.05) is 13.8 Å². The lowest BCUT2D eigenvalue weighted by Crippen LogP contribution is -2.49. The minimum absolute atomic E-state index is 0.167. The molecule has 0 spiro atoms. The Morgan fingerprint density at radius 3 is 2.56 bits per heavy atom. The van der Waals surface area contributed by atoms with Gasteiger partial charge in [-0.2, -0.15) is 0 Å². The van der Waals surface area contributed by atoms with Crippen LogP contribution in [0.25, 0.3) is 0 Å². The summed E-state index contributed by atoms with van der Waals surface area (Å²) in [5.41, 5.74) is 6.49. The van der Waals surface area contributed by atoms with Crippen LogP contribution in [0.15, 0.2) is 24.3 Å². The third kappa shape index (κ3) is 5.24. The summed E-state index contributed by atoms with van der Waals surface area (Å²) < 4.78 is 18.5. The standard InChI is InChI=1S/C18H24FN3O2S/c1-4-18(20,5-2)11-21-17(23)16-12(3)22-15(25-16)10-24-14-8-6-13(19)7-9-14/h6-9H,4-5,10-11,20H2,1-3H3,(H,21,23). The number of halogens is 1. The summed E-state index contributed by atoms with van der Waals surface area (Å²) in [5.74, 6) is 0.0744. The number of aryl methyl sites for hydroxylation is 1. The normalized spacial score (nSPS) is 11.4. The number of hydrogen-bond acceptors (Lipinski definition) is 5. The highest BCUT2D eigenvalue weighted by atomic mass is 32.1. The average Bonchev–Trinajstić information content (AvgIpc) is 2.99. The largest absolute Gasteiger partial charge is 0.486 e. The zero-order chi connectivity index (χ0) is 18.4. The summed E-state index contributed by atoms with van der Waals surface area (Å²) in [6.07, 6.45) is 1.59. The summed E-state index contributed by atoms with van der Waals surface area (Å²) in [4.78, 5) is 17.3. The maximum atomic E-state index is 12.9. The number of rotatable bonds is 8. The molecule has 0 atom stereocenters. The predicted octanol–water partition coefficient (Wildman–Crippen LogP) is 3.42. The quantitative estimate of drug-likeness (QED) is 0.751. The van der Waals surface area contributed by atoms with Gasteiger partial charge in [0.2, 0.25) is 0 Å². The van der Waals surface area contributed by atoms with Gasteiger partial charge in [0.05, 0.1) is 5.69 Å². The van der Waals surface area contributed by atoms with Crippen molar-refractivity contribution in [2.45, 2.75) is 45.8 Å². The van der Waals surface area contributed by atoms with Crippen LogP contribution in [0.1, 0.15) is 47.1 Å². The minimum atomic E-state index is -0.386. The number of carbonyl (C=O) groups is 1. The Kier molecular flexibility index (Phi) is 6.50. The molecule has 0 unspecified atom stereocenters. The molecule has 5 nitrogen and oxygen atoms in total. The Labute approximate surface area is 151 Å². The molecule has 3 N–H and O–H groups in total. The third-order valence-electron chi connectivity index (χ3n) is 4.23. The van der Waals surface area contributed by atoms with Crippen molar-refractivity contribution in [2.24, 2.45) is 5.73 Å². The van der Waals surface area contributed by atoms with E-state index in [9.17, 15) is 9.18 Å². The molecule has 0 fully saturated rings. The molecule has 2 rings (SSSR count). The Morgan fingerprint density at radius 2 is 1.96 bits per heavy atom. The molecule has 25 heavy (non-hydrogen) atoms. The molecule has 0 saturated heterocycles. The van der Waals surface area contributed by atoms with Gasteiger partial charge >= 0.3 is 0 Å². The van der Waals surface area contributed by atoms with E-state index in [2.05, 4.69) is 10.3 Å². The van der Waals surface area contributed by atoms with Crippen LogP contribution in [0.4, 0.5) is 4.39 Å². The fourth-order valence-corrected chi connectivity index (χ4v) is 3.13. The molecule has 0 aliphatic heterocycles. The monoisotopic (exact) mass is 365 g/mol. The SMILES string of the molecule is CCC(N)(CC)CNC(=O)c1sc(COc2ccc(F)cc2)nc1C. The van der Waals surface area contributed by atoms with Crippen LogP contribution in [-0.2, 0) is 6.61 Å². The van der Waals surface area contributed by atoms with E-state index in [1.54, 1.807) is 19.1 Å². The lowest BCUT2D eigenvalue weighted by atomic mass is 9.94. The minimum Gasteiger partial charge on any atom is -0.486 e. The predicted molar refractivity (Wildman–Crippen MR) is 97.4 cm³/mol. The first-order valence-electron chi connectivity index (χ1n) is 8.28. The number of hydrogen-bond donors (Lipinski definition) is 2. The highest BCUT2D eigenvalue weighted by Gasteiger charge is 2.23. The van der Waals surface area contributed by atoms with E-state index in [1.165, 1.54) is 23.5 Å². The first kappa shape index (κ1) is 19.3. The maximum Gasteiger partial charge on any atom is 0.263 e. The summed E-state index contributed by atoms with van der Waals surface area (Å²) in [6.45, 7) is 6.48. The molecule has 0 bridgehead atoms. The van der Waals surface area contributed by atoms with Crippen molar-refractivity contribution in [1.29, 1.82) is 0 Å². The Morgan fingerprint density at radius 1 is 1.32 bits per heavy atom. The lowest BCUT2D eigenvalue weighted by Gasteiger charge is -2.26. The number of benzene rings is 1. The zero-order valence-corrected chi connectivity index (χ0v) is 15.6. The van der Waals surface area contributed by atoms with Gasteiger partial charge in [-0.15, -0.1) is 11.3 Å². The van der Waals surface area contributed by atoms with Gasteiger partial charge in [-0.3, -0.25) is 4.79 Å². The smallest absolute Gasteiger partial charge is 0.263 e. The van der Waals surface area contributed by atoms with E-state index in [0.717, 1.165) is 12.8 Å². The number of ether oxygens (including phenoxy) is 1. The molecule has 1 aromatic carbocycles. The molecule has 7 heteroatoms. The number of carbonyl (C=O) groups excluding carboxylic acids is 1. The summed E-state index contributed by atoms with van der Waals surface area (Å²) >= 11 is 1.29. The van der Waals surface area contributed by atoms with Gasteiger partial charge in [-0.25, -0.2) is 9.37 Å². The number of aromatic nitrogens is 1. The van der Waals surface area contributed by atoms with Gasteiger partial charge in [0.1, 0.15) is 28.1 Å². The van der Waals surface area contributed by atoms with Crippen LogP contribution in [0.3, 0.4) is 0 Å². The van der Waals surface area contributed by atoms with Gasteiger partial charge in [0, 0.05) is 12.1 Å². The van der Waals surface area contributed by atoms with Crippen LogP contribution in [0, 0.1) is 12.7 Å². The molecule has 1 heterocycles. The highest BCUT2D eigenvalue weighted by molar-refractivity contribution is 7.13. The Hall–Kier alpha value is -1.99. The van der Waals surface area contributed by atoms with Crippen molar-refractivity contribution in [1.82, 2.24) is 10.3 Å². The van der Waals surface area contributed by atoms with Gasteiger partial charge in [0.15, 0.2) is 0 Å². The number of nitrogens with two attached hydrogens (primary N) is 1. The van der Waals surface area contributed by atoms with Gasteiger partial charge < -0.3 is 15.8 Å². The van der Waals surface area contributed by atoms with Gasteiger partial charge in [-0.05, 0) is 44.0 Å². The van der Waals surface area contributed by atoms with Crippen LogP contribution in [-0.4, -0.2) is 23.0 Å². The lowest BCUT2D eigenvalue weighted by molar-refractivity contribution is 0.0945. The van der Waals surface area contributed by atoms with E-state index in [4.69, 9.17) is 10.5 Å². The summed E-state index contributed by atoms with van der Waals surface area (Å²) in [6, 6.07) is 5.78. The van der Waals surface area contributed by atoms with Crippen molar-refractivity contribution in [3.63, 3.8) is 0 Å². The van der Waals surface area contributed by atoms with Crippen LogP contribution in [0.2, 0.25) is 0 Å². The summed E-state index contributed by atoms with van der Waals surface area (Å²) in [7, 11) is 0. The number of thiazole rings is 1. The molecule has 0 aliphatic carbocycles. The number of nitrogens with one attached hydrogen (secondary N) is 1. The molecular formula is C18H24FN3O2S. The van der Waals surface area contributed by atoms with Crippen molar-refractivity contribution in [2.75, 3.05) is 6.54 Å². The van der Waals surface area contributed by atoms with Crippen LogP contribution >= 0.6 is 11.3 Å². The highest BCUT2D eigenvalue weighted by Crippen LogP contribution is 2.21. The van der Waals surface area contributed by atoms with E-state index in [1.807, 2.05) is 13.8 Å². The zero-order valence-electron chi connectivity index (χ0n) is 14.8. The fourth-order valence-electron chi connectivity index (χ4n) is 2.24. The van der Waals surface area contributed by atoms with Crippen molar-refractivity contribution in [3.8, 4) is 5.75 Å². The Bertz CT molecular complexity index is 712. The van der Waals surface area contributed by atoms with E-state index in [-0.39, 0.29) is 23.9 Å². The molecule has 0 radical (unpaired) electrons. The topological polar surface area (TPSA) is 77.2 Å². The van der Waals surface area contributed by atoms with Crippen LogP contribution < -0.4 is 15.8 Å². The fraction of sp³-hybridized carbons (Fsp3) is 0.444. The number of nitrogens with zero attached hydrogens (tertiary/aromatic N) is 1. The molecule has 0 saturated carbocycles. The molecular weight excluding hydrogens is 341 g/mol. The second-order valence-corrected chi connectivity index (χ2v) is 7.10. The number of amides is 1. The first-order chi connectivity index (χ1) is 11.9. The van der Waals surface area contributed by atoms with Crippen LogP contribution in [0.5, 0.6) is 5.75 Å². The van der Waals surface area contributed by atoms with E-state index >= 15 is 0 Å². The maximum absolute atomic E-state index is 12.9.